The zero-order chi connectivity index (χ0) is 9.76. The highest BCUT2D eigenvalue weighted by atomic mass is 16.1. The van der Waals surface area contributed by atoms with E-state index in [1.165, 1.54) is 0 Å². The summed E-state index contributed by atoms with van der Waals surface area (Å²) in [6, 6.07) is 0. The lowest BCUT2D eigenvalue weighted by molar-refractivity contribution is -0.166. The largest absolute Gasteiger partial charge is 0.299 e. The Bertz CT molecular complexity index is 262. The summed E-state index contributed by atoms with van der Waals surface area (Å²) in [7, 11) is 0. The molecule has 4 aliphatic heterocycles. The molecule has 0 spiro atoms. The third kappa shape index (κ3) is 1.03. The molecule has 3 heteroatoms. The minimum absolute atomic E-state index is 0.0220. The van der Waals surface area contributed by atoms with Crippen molar-refractivity contribution in [2.45, 2.75) is 19.8 Å². The maximum atomic E-state index is 12.2. The molecule has 4 heterocycles. The lowest BCUT2D eigenvalue weighted by Gasteiger charge is -2.58. The van der Waals surface area contributed by atoms with E-state index in [0.29, 0.717) is 11.7 Å². The van der Waals surface area contributed by atoms with E-state index in [-0.39, 0.29) is 5.41 Å². The molecule has 0 amide bonds. The van der Waals surface area contributed by atoms with Crippen LogP contribution in [0.25, 0.3) is 0 Å². The number of ketones is 1. The molecule has 4 rings (SSSR count). The lowest BCUT2D eigenvalue weighted by atomic mass is 9.67. The van der Waals surface area contributed by atoms with E-state index in [9.17, 15) is 4.79 Å². The van der Waals surface area contributed by atoms with Gasteiger partial charge in [0, 0.05) is 32.1 Å². The highest BCUT2D eigenvalue weighted by molar-refractivity contribution is 5.89. The Morgan fingerprint density at radius 1 is 1.36 bits per heavy atom. The predicted molar refractivity (Wildman–Crippen MR) is 53.9 cm³/mol. The molecule has 0 N–H and O–H groups in total. The van der Waals surface area contributed by atoms with Gasteiger partial charge in [-0.2, -0.15) is 0 Å². The fourth-order valence-corrected chi connectivity index (χ4v) is 3.73. The van der Waals surface area contributed by atoms with Crippen molar-refractivity contribution in [1.82, 2.24) is 9.80 Å². The SMILES string of the molecule is CCCC12CN3CC(CN(C3)C1)C2=O. The number of rotatable bonds is 2. The van der Waals surface area contributed by atoms with Crippen molar-refractivity contribution < 1.29 is 4.79 Å². The Labute approximate surface area is 85.1 Å². The Balaban J connectivity index is 1.93. The first kappa shape index (κ1) is 8.86. The second-order valence-electron chi connectivity index (χ2n) is 5.26. The van der Waals surface area contributed by atoms with Gasteiger partial charge in [-0.05, 0) is 6.42 Å². The van der Waals surface area contributed by atoms with Crippen LogP contribution in [0, 0.1) is 11.3 Å². The van der Waals surface area contributed by atoms with Gasteiger partial charge < -0.3 is 0 Å². The molecule has 0 radical (unpaired) electrons. The summed E-state index contributed by atoms with van der Waals surface area (Å²) in [6.07, 6.45) is 2.23. The van der Waals surface area contributed by atoms with E-state index < -0.39 is 0 Å². The fraction of sp³-hybridized carbons (Fsp3) is 0.909. The van der Waals surface area contributed by atoms with Crippen LogP contribution in [-0.4, -0.2) is 48.4 Å². The van der Waals surface area contributed by atoms with Crippen molar-refractivity contribution >= 4 is 5.78 Å². The summed E-state index contributed by atoms with van der Waals surface area (Å²) in [5.41, 5.74) is 0.0220. The normalized spacial score (nSPS) is 50.1. The maximum Gasteiger partial charge on any atom is 0.147 e. The molecular formula is C11H18N2O. The monoisotopic (exact) mass is 194 g/mol. The third-order valence-corrected chi connectivity index (χ3v) is 4.03. The van der Waals surface area contributed by atoms with Crippen LogP contribution in [0.5, 0.6) is 0 Å². The smallest absolute Gasteiger partial charge is 0.147 e. The van der Waals surface area contributed by atoms with Crippen molar-refractivity contribution in [3.05, 3.63) is 0 Å². The quantitative estimate of drug-likeness (QED) is 0.642. The molecule has 4 bridgehead atoms. The first-order valence-corrected chi connectivity index (χ1v) is 5.72. The van der Waals surface area contributed by atoms with E-state index in [4.69, 9.17) is 0 Å². The van der Waals surface area contributed by atoms with Crippen molar-refractivity contribution in [3.63, 3.8) is 0 Å². The summed E-state index contributed by atoms with van der Waals surface area (Å²) < 4.78 is 0. The van der Waals surface area contributed by atoms with Crippen LogP contribution < -0.4 is 0 Å². The van der Waals surface area contributed by atoms with Gasteiger partial charge in [-0.1, -0.05) is 13.3 Å². The summed E-state index contributed by atoms with van der Waals surface area (Å²) in [5, 5.41) is 0. The maximum absolute atomic E-state index is 12.2. The fourth-order valence-electron chi connectivity index (χ4n) is 3.73. The molecule has 0 aliphatic carbocycles. The number of piperidine rings is 2. The Hall–Kier alpha value is -0.410. The standard InChI is InChI=1S/C11H18N2O/c1-2-3-11-6-12-4-9(10(11)14)5-13(7-11)8-12/h9H,2-8H2,1H3. The van der Waals surface area contributed by atoms with Crippen molar-refractivity contribution in [2.24, 2.45) is 11.3 Å². The van der Waals surface area contributed by atoms with Crippen LogP contribution in [0.4, 0.5) is 0 Å². The van der Waals surface area contributed by atoms with Crippen LogP contribution in [0.2, 0.25) is 0 Å². The molecular weight excluding hydrogens is 176 g/mol. The number of nitrogens with zero attached hydrogens (tertiary/aromatic N) is 2. The van der Waals surface area contributed by atoms with Crippen LogP contribution in [0.15, 0.2) is 0 Å². The van der Waals surface area contributed by atoms with Crippen molar-refractivity contribution in [3.8, 4) is 0 Å². The van der Waals surface area contributed by atoms with Gasteiger partial charge in [-0.15, -0.1) is 0 Å². The molecule has 2 unspecified atom stereocenters. The highest BCUT2D eigenvalue weighted by Gasteiger charge is 2.54. The molecule has 4 aliphatic rings. The van der Waals surface area contributed by atoms with E-state index in [0.717, 1.165) is 45.7 Å². The molecule has 78 valence electrons. The Morgan fingerprint density at radius 2 is 2.00 bits per heavy atom. The van der Waals surface area contributed by atoms with Gasteiger partial charge in [0.15, 0.2) is 0 Å². The molecule has 0 saturated carbocycles. The number of Topliss-reactive ketones (excluding diaryl/α,β-unsaturated/α-hetero) is 1. The number of hydrogen-bond donors (Lipinski definition) is 0. The number of carbonyl (C=O) groups is 1. The minimum Gasteiger partial charge on any atom is -0.299 e. The third-order valence-electron chi connectivity index (χ3n) is 4.03. The van der Waals surface area contributed by atoms with Crippen LogP contribution in [0.3, 0.4) is 0 Å². The van der Waals surface area contributed by atoms with Gasteiger partial charge in [-0.25, -0.2) is 0 Å². The minimum atomic E-state index is 0.0220. The van der Waals surface area contributed by atoms with Gasteiger partial charge in [0.25, 0.3) is 0 Å². The van der Waals surface area contributed by atoms with Crippen molar-refractivity contribution in [1.29, 1.82) is 0 Å². The summed E-state index contributed by atoms with van der Waals surface area (Å²) >= 11 is 0. The van der Waals surface area contributed by atoms with E-state index in [2.05, 4.69) is 16.7 Å². The van der Waals surface area contributed by atoms with E-state index >= 15 is 0 Å². The second kappa shape index (κ2) is 2.80. The van der Waals surface area contributed by atoms with Crippen LogP contribution >= 0.6 is 0 Å². The first-order chi connectivity index (χ1) is 6.73. The van der Waals surface area contributed by atoms with E-state index in [1.807, 2.05) is 0 Å². The number of hydrogen-bond acceptors (Lipinski definition) is 3. The molecule has 0 aromatic rings. The first-order valence-electron chi connectivity index (χ1n) is 5.72. The van der Waals surface area contributed by atoms with Crippen LogP contribution in [0.1, 0.15) is 19.8 Å². The van der Waals surface area contributed by atoms with Gasteiger partial charge in [-0.3, -0.25) is 14.6 Å². The Morgan fingerprint density at radius 3 is 2.57 bits per heavy atom. The summed E-state index contributed by atoms with van der Waals surface area (Å²) in [5.74, 6) is 0.907. The molecule has 3 nitrogen and oxygen atoms in total. The molecule has 4 saturated heterocycles. The second-order valence-corrected chi connectivity index (χ2v) is 5.26. The zero-order valence-electron chi connectivity index (χ0n) is 8.83. The van der Waals surface area contributed by atoms with Gasteiger partial charge >= 0.3 is 0 Å². The van der Waals surface area contributed by atoms with Crippen LogP contribution in [-0.2, 0) is 4.79 Å². The molecule has 0 aromatic heterocycles. The van der Waals surface area contributed by atoms with Gasteiger partial charge in [0.05, 0.1) is 12.1 Å². The topological polar surface area (TPSA) is 23.6 Å². The average molecular weight is 194 g/mol. The van der Waals surface area contributed by atoms with Gasteiger partial charge in [0.2, 0.25) is 0 Å². The zero-order valence-corrected chi connectivity index (χ0v) is 8.83. The predicted octanol–water partition coefficient (Wildman–Crippen LogP) is 0.560. The Kier molecular flexibility index (Phi) is 1.77. The molecule has 2 atom stereocenters. The lowest BCUT2D eigenvalue weighted by Crippen LogP contribution is -2.71. The molecule has 4 fully saturated rings. The number of carbonyl (C=O) groups excluding carboxylic acids is 1. The highest BCUT2D eigenvalue weighted by Crippen LogP contribution is 2.42. The molecule has 0 aromatic carbocycles. The molecule has 14 heavy (non-hydrogen) atoms. The average Bonchev–Trinajstić information content (AvgIpc) is 2.13. The van der Waals surface area contributed by atoms with Gasteiger partial charge in [0.1, 0.15) is 5.78 Å². The summed E-state index contributed by atoms with van der Waals surface area (Å²) in [6.45, 7) is 7.42. The summed E-state index contributed by atoms with van der Waals surface area (Å²) in [4.78, 5) is 17.2. The van der Waals surface area contributed by atoms with E-state index in [1.54, 1.807) is 0 Å². The van der Waals surface area contributed by atoms with Crippen molar-refractivity contribution in [2.75, 3.05) is 32.8 Å².